The highest BCUT2D eigenvalue weighted by atomic mass is 35.5. The Morgan fingerprint density at radius 2 is 1.91 bits per heavy atom. The van der Waals surface area contributed by atoms with E-state index in [2.05, 4.69) is 29.3 Å². The summed E-state index contributed by atoms with van der Waals surface area (Å²) in [6.07, 6.45) is 0. The van der Waals surface area contributed by atoms with Crippen LogP contribution in [-0.2, 0) is 5.75 Å². The van der Waals surface area contributed by atoms with E-state index >= 15 is 0 Å². The number of nitrogens with two attached hydrogens (primary N) is 1. The van der Waals surface area contributed by atoms with Crippen LogP contribution in [0.25, 0.3) is 11.4 Å². The first kappa shape index (κ1) is 16.2. The third-order valence-corrected chi connectivity index (χ3v) is 4.99. The number of hydrogen-bond acceptors (Lipinski definition) is 4. The summed E-state index contributed by atoms with van der Waals surface area (Å²) in [4.78, 5) is 0. The lowest BCUT2D eigenvalue weighted by atomic mass is 10.1. The first-order valence-electron chi connectivity index (χ1n) is 6.89. The monoisotopic (exact) mass is 364 g/mol. The Bertz CT molecular complexity index is 848. The van der Waals surface area contributed by atoms with Crippen molar-refractivity contribution in [3.63, 3.8) is 0 Å². The topological polar surface area (TPSA) is 56.7 Å². The van der Waals surface area contributed by atoms with E-state index in [1.54, 1.807) is 18.2 Å². The highest BCUT2D eigenvalue weighted by Gasteiger charge is 2.15. The quantitative estimate of drug-likeness (QED) is 0.544. The highest BCUT2D eigenvalue weighted by Crippen LogP contribution is 2.31. The van der Waals surface area contributed by atoms with Gasteiger partial charge >= 0.3 is 0 Å². The minimum atomic E-state index is 0.493. The minimum Gasteiger partial charge on any atom is -0.335 e. The Labute approximate surface area is 148 Å². The molecule has 0 radical (unpaired) electrons. The Hall–Kier alpha value is -1.69. The number of aromatic nitrogens is 3. The summed E-state index contributed by atoms with van der Waals surface area (Å²) in [5.74, 6) is 7.41. The van der Waals surface area contributed by atoms with Crippen molar-refractivity contribution in [2.45, 2.75) is 17.8 Å². The lowest BCUT2D eigenvalue weighted by Gasteiger charge is -2.07. The Kier molecular flexibility index (Phi) is 4.80. The van der Waals surface area contributed by atoms with Crippen molar-refractivity contribution in [1.82, 2.24) is 14.9 Å². The van der Waals surface area contributed by atoms with Gasteiger partial charge in [-0.2, -0.15) is 0 Å². The van der Waals surface area contributed by atoms with Crippen LogP contribution in [0, 0.1) is 6.92 Å². The standard InChI is InChI=1S/C16H14Cl2N4S/c1-10-4-2-3-5-11(10)9-23-16-21-20-15(22(16)19)13-7-6-12(17)8-14(13)18/h2-8H,9,19H2,1H3. The molecule has 4 nitrogen and oxygen atoms in total. The molecule has 1 heterocycles. The van der Waals surface area contributed by atoms with Gasteiger partial charge in [-0.25, -0.2) is 4.68 Å². The second-order valence-electron chi connectivity index (χ2n) is 5.02. The van der Waals surface area contributed by atoms with E-state index in [0.29, 0.717) is 26.6 Å². The molecule has 3 rings (SSSR count). The van der Waals surface area contributed by atoms with Crippen LogP contribution in [0.1, 0.15) is 11.1 Å². The first-order valence-corrected chi connectivity index (χ1v) is 8.63. The zero-order valence-corrected chi connectivity index (χ0v) is 14.7. The van der Waals surface area contributed by atoms with Crippen molar-refractivity contribution in [3.8, 4) is 11.4 Å². The average Bonchev–Trinajstić information content (AvgIpc) is 2.88. The Morgan fingerprint density at radius 3 is 2.65 bits per heavy atom. The Morgan fingerprint density at radius 1 is 1.13 bits per heavy atom. The smallest absolute Gasteiger partial charge is 0.210 e. The molecule has 0 saturated carbocycles. The number of hydrogen-bond donors (Lipinski definition) is 1. The van der Waals surface area contributed by atoms with Crippen LogP contribution >= 0.6 is 35.0 Å². The van der Waals surface area contributed by atoms with E-state index in [9.17, 15) is 0 Å². The molecule has 0 aliphatic heterocycles. The molecule has 0 spiro atoms. The Balaban J connectivity index is 1.83. The van der Waals surface area contributed by atoms with Crippen LogP contribution in [0.4, 0.5) is 0 Å². The zero-order valence-electron chi connectivity index (χ0n) is 12.3. The molecule has 0 bridgehead atoms. The largest absolute Gasteiger partial charge is 0.335 e. The maximum absolute atomic E-state index is 6.21. The van der Waals surface area contributed by atoms with Crippen molar-refractivity contribution in [2.75, 3.05) is 5.84 Å². The normalized spacial score (nSPS) is 10.9. The molecule has 3 aromatic rings. The predicted molar refractivity (Wildman–Crippen MR) is 96.4 cm³/mol. The van der Waals surface area contributed by atoms with Crippen LogP contribution < -0.4 is 5.84 Å². The third-order valence-electron chi connectivity index (χ3n) is 3.45. The second kappa shape index (κ2) is 6.83. The van der Waals surface area contributed by atoms with E-state index in [0.717, 1.165) is 5.75 Å². The van der Waals surface area contributed by atoms with Gasteiger partial charge in [0.05, 0.1) is 5.02 Å². The number of thioether (sulfide) groups is 1. The maximum Gasteiger partial charge on any atom is 0.210 e. The zero-order chi connectivity index (χ0) is 16.4. The summed E-state index contributed by atoms with van der Waals surface area (Å²) in [7, 11) is 0. The number of nitrogen functional groups attached to an aromatic ring is 1. The number of nitrogens with zero attached hydrogens (tertiary/aromatic N) is 3. The molecule has 118 valence electrons. The van der Waals surface area contributed by atoms with Gasteiger partial charge in [-0.1, -0.05) is 59.2 Å². The molecule has 0 atom stereocenters. The predicted octanol–water partition coefficient (Wildman–Crippen LogP) is 4.57. The summed E-state index contributed by atoms with van der Waals surface area (Å²) in [6.45, 7) is 2.09. The maximum atomic E-state index is 6.21. The molecule has 2 aromatic carbocycles. The van der Waals surface area contributed by atoms with Gasteiger partial charge in [0.1, 0.15) is 0 Å². The summed E-state index contributed by atoms with van der Waals surface area (Å²) in [5.41, 5.74) is 3.18. The fourth-order valence-electron chi connectivity index (χ4n) is 2.14. The van der Waals surface area contributed by atoms with Crippen molar-refractivity contribution in [3.05, 3.63) is 63.6 Å². The molecule has 0 saturated heterocycles. The van der Waals surface area contributed by atoms with Gasteiger partial charge in [0.2, 0.25) is 5.16 Å². The van der Waals surface area contributed by atoms with Gasteiger partial charge in [0.25, 0.3) is 0 Å². The molecular formula is C16H14Cl2N4S. The van der Waals surface area contributed by atoms with Crippen molar-refractivity contribution < 1.29 is 0 Å². The highest BCUT2D eigenvalue weighted by molar-refractivity contribution is 7.98. The van der Waals surface area contributed by atoms with Gasteiger partial charge in [-0.15, -0.1) is 10.2 Å². The minimum absolute atomic E-state index is 0.493. The molecule has 0 fully saturated rings. The van der Waals surface area contributed by atoms with Gasteiger partial charge in [0.15, 0.2) is 5.82 Å². The lowest BCUT2D eigenvalue weighted by Crippen LogP contribution is -2.11. The van der Waals surface area contributed by atoms with Gasteiger partial charge < -0.3 is 5.84 Å². The third kappa shape index (κ3) is 3.47. The average molecular weight is 365 g/mol. The molecule has 0 amide bonds. The molecule has 1 aromatic heterocycles. The molecule has 7 heteroatoms. The first-order chi connectivity index (χ1) is 11.1. The fraction of sp³-hybridized carbons (Fsp3) is 0.125. The number of rotatable bonds is 4. The van der Waals surface area contributed by atoms with Crippen molar-refractivity contribution >= 4 is 35.0 Å². The molecule has 0 aliphatic carbocycles. The molecule has 23 heavy (non-hydrogen) atoms. The van der Waals surface area contributed by atoms with Crippen LogP contribution in [-0.4, -0.2) is 14.9 Å². The molecule has 0 aliphatic rings. The van der Waals surface area contributed by atoms with E-state index in [4.69, 9.17) is 29.0 Å². The molecule has 2 N–H and O–H groups in total. The van der Waals surface area contributed by atoms with Gasteiger partial charge in [-0.05, 0) is 36.2 Å². The van der Waals surface area contributed by atoms with E-state index in [1.165, 1.54) is 27.6 Å². The summed E-state index contributed by atoms with van der Waals surface area (Å²) in [5, 5.41) is 10.0. The summed E-state index contributed by atoms with van der Waals surface area (Å²) in [6, 6.07) is 13.4. The van der Waals surface area contributed by atoms with Crippen molar-refractivity contribution in [2.24, 2.45) is 0 Å². The number of aryl methyl sites for hydroxylation is 1. The van der Waals surface area contributed by atoms with Crippen molar-refractivity contribution in [1.29, 1.82) is 0 Å². The number of halogens is 2. The van der Waals surface area contributed by atoms with E-state index < -0.39 is 0 Å². The number of benzene rings is 2. The van der Waals surface area contributed by atoms with Gasteiger partial charge in [0, 0.05) is 16.3 Å². The van der Waals surface area contributed by atoms with Crippen LogP contribution in [0.3, 0.4) is 0 Å². The summed E-state index contributed by atoms with van der Waals surface area (Å²) >= 11 is 13.7. The van der Waals surface area contributed by atoms with Gasteiger partial charge in [-0.3, -0.25) is 0 Å². The molecule has 0 unspecified atom stereocenters. The van der Waals surface area contributed by atoms with Crippen LogP contribution in [0.15, 0.2) is 47.6 Å². The van der Waals surface area contributed by atoms with E-state index in [-0.39, 0.29) is 0 Å². The molecular weight excluding hydrogens is 351 g/mol. The second-order valence-corrected chi connectivity index (χ2v) is 6.80. The SMILES string of the molecule is Cc1ccccc1CSc1nnc(-c2ccc(Cl)cc2Cl)n1N. The summed E-state index contributed by atoms with van der Waals surface area (Å²) < 4.78 is 1.46. The fourth-order valence-corrected chi connectivity index (χ4v) is 3.57. The van der Waals surface area contributed by atoms with Crippen LogP contribution in [0.5, 0.6) is 0 Å². The van der Waals surface area contributed by atoms with Crippen LogP contribution in [0.2, 0.25) is 10.0 Å². The van der Waals surface area contributed by atoms with E-state index in [1.807, 2.05) is 12.1 Å². The lowest BCUT2D eigenvalue weighted by molar-refractivity contribution is 0.849.